The number of thioether (sulfide) groups is 1. The van der Waals surface area contributed by atoms with Crippen LogP contribution < -0.4 is 0 Å². The summed E-state index contributed by atoms with van der Waals surface area (Å²) in [4.78, 5) is 14.5. The summed E-state index contributed by atoms with van der Waals surface area (Å²) < 4.78 is 0.349. The number of carbonyl (C=O) groups excluding carboxylic acids is 1. The Bertz CT molecular complexity index is 439. The molecule has 0 atom stereocenters. The summed E-state index contributed by atoms with van der Waals surface area (Å²) in [5.74, 6) is 1.36. The third kappa shape index (κ3) is 4.36. The van der Waals surface area contributed by atoms with Crippen molar-refractivity contribution in [2.45, 2.75) is 31.9 Å². The van der Waals surface area contributed by atoms with Gasteiger partial charge < -0.3 is 0 Å². The highest BCUT2D eigenvalue weighted by atomic mass is 32.2. The molecule has 1 aliphatic rings. The molecule has 0 radical (unpaired) electrons. The Kier molecular flexibility index (Phi) is 4.69. The van der Waals surface area contributed by atoms with E-state index < -0.39 is 0 Å². The minimum atomic E-state index is 0.240. The van der Waals surface area contributed by atoms with Gasteiger partial charge in [-0.3, -0.25) is 9.69 Å². The molecule has 0 bridgehead atoms. The van der Waals surface area contributed by atoms with Gasteiger partial charge in [0.05, 0.1) is 6.54 Å². The van der Waals surface area contributed by atoms with E-state index in [1.54, 1.807) is 0 Å². The summed E-state index contributed by atoms with van der Waals surface area (Å²) >= 11 is 2.02. The van der Waals surface area contributed by atoms with Crippen molar-refractivity contribution < 1.29 is 4.79 Å². The van der Waals surface area contributed by atoms with Crippen molar-refractivity contribution in [1.29, 1.82) is 0 Å². The van der Waals surface area contributed by atoms with Gasteiger partial charge in [0.25, 0.3) is 0 Å². The number of rotatable bonds is 3. The van der Waals surface area contributed by atoms with Crippen molar-refractivity contribution in [2.24, 2.45) is 0 Å². The van der Waals surface area contributed by atoms with Gasteiger partial charge in [-0.05, 0) is 19.9 Å². The van der Waals surface area contributed by atoms with Gasteiger partial charge in [-0.25, -0.2) is 0 Å². The predicted molar refractivity (Wildman–Crippen MR) is 83.1 cm³/mol. The van der Waals surface area contributed by atoms with Gasteiger partial charge in [0.15, 0.2) is 5.78 Å². The first kappa shape index (κ1) is 14.6. The van der Waals surface area contributed by atoms with E-state index in [0.29, 0.717) is 11.3 Å². The molecule has 104 valence electrons. The lowest BCUT2D eigenvalue weighted by molar-refractivity contribution is 0.0934. The third-order valence-electron chi connectivity index (χ3n) is 3.67. The molecular formula is C16H23NOS. The number of carbonyl (C=O) groups is 1. The average molecular weight is 277 g/mol. The fourth-order valence-corrected chi connectivity index (χ4v) is 3.39. The van der Waals surface area contributed by atoms with E-state index in [9.17, 15) is 4.79 Å². The minimum Gasteiger partial charge on any atom is -0.295 e. The molecule has 0 aliphatic carbocycles. The highest BCUT2D eigenvalue weighted by Crippen LogP contribution is 2.30. The van der Waals surface area contributed by atoms with Crippen molar-refractivity contribution in [3.8, 4) is 0 Å². The van der Waals surface area contributed by atoms with E-state index in [4.69, 9.17) is 0 Å². The second kappa shape index (κ2) is 6.10. The van der Waals surface area contributed by atoms with Crippen LogP contribution in [-0.4, -0.2) is 40.8 Å². The van der Waals surface area contributed by atoms with Crippen LogP contribution in [0.5, 0.6) is 0 Å². The van der Waals surface area contributed by atoms with E-state index in [-0.39, 0.29) is 5.78 Å². The van der Waals surface area contributed by atoms with Crippen molar-refractivity contribution in [2.75, 3.05) is 25.4 Å². The molecule has 1 aromatic rings. The molecule has 0 N–H and O–H groups in total. The average Bonchev–Trinajstić information content (AvgIpc) is 2.52. The number of Topliss-reactive ketones (excluding diaryl/α,β-unsaturated/α-hetero) is 1. The highest BCUT2D eigenvalue weighted by Gasteiger charge is 2.24. The predicted octanol–water partition coefficient (Wildman–Crippen LogP) is 3.40. The summed E-state index contributed by atoms with van der Waals surface area (Å²) in [7, 11) is 0. The van der Waals surface area contributed by atoms with Crippen molar-refractivity contribution in [1.82, 2.24) is 4.90 Å². The van der Waals surface area contributed by atoms with Crippen LogP contribution in [0.1, 0.15) is 36.2 Å². The van der Waals surface area contributed by atoms with Crippen molar-refractivity contribution in [3.05, 3.63) is 35.4 Å². The van der Waals surface area contributed by atoms with Crippen LogP contribution in [0.4, 0.5) is 0 Å². The molecule has 0 unspecified atom stereocenters. The Morgan fingerprint density at radius 1 is 1.26 bits per heavy atom. The van der Waals surface area contributed by atoms with E-state index in [2.05, 4.69) is 18.7 Å². The normalized spacial score (nSPS) is 19.9. The Morgan fingerprint density at radius 3 is 2.63 bits per heavy atom. The lowest BCUT2D eigenvalue weighted by atomic mass is 10.1. The van der Waals surface area contributed by atoms with Crippen LogP contribution in [0.25, 0.3) is 0 Å². The summed E-state index contributed by atoms with van der Waals surface area (Å²) in [6.07, 6.45) is 1.15. The van der Waals surface area contributed by atoms with Gasteiger partial charge >= 0.3 is 0 Å². The van der Waals surface area contributed by atoms with E-state index in [1.807, 2.05) is 43.0 Å². The lowest BCUT2D eigenvalue weighted by Crippen LogP contribution is -2.32. The first-order valence-electron chi connectivity index (χ1n) is 6.92. The molecule has 1 heterocycles. The van der Waals surface area contributed by atoms with Gasteiger partial charge in [0, 0.05) is 22.6 Å². The van der Waals surface area contributed by atoms with Crippen LogP contribution in [0.3, 0.4) is 0 Å². The fraction of sp³-hybridized carbons (Fsp3) is 0.562. The maximum Gasteiger partial charge on any atom is 0.176 e. The maximum absolute atomic E-state index is 12.2. The number of benzene rings is 1. The van der Waals surface area contributed by atoms with Gasteiger partial charge in [0.1, 0.15) is 0 Å². The summed E-state index contributed by atoms with van der Waals surface area (Å²) in [6, 6.07) is 7.89. The van der Waals surface area contributed by atoms with Crippen LogP contribution in [0.2, 0.25) is 0 Å². The molecule has 0 amide bonds. The second-order valence-corrected chi connectivity index (χ2v) is 7.73. The summed E-state index contributed by atoms with van der Waals surface area (Å²) in [5.41, 5.74) is 2.03. The molecule has 1 saturated heterocycles. The Hall–Kier alpha value is -0.800. The molecule has 1 aromatic carbocycles. The molecular weight excluding hydrogens is 254 g/mol. The summed E-state index contributed by atoms with van der Waals surface area (Å²) in [6.45, 7) is 9.23. The Labute approximate surface area is 120 Å². The molecule has 0 aromatic heterocycles. The van der Waals surface area contributed by atoms with E-state index in [1.165, 1.54) is 5.56 Å². The molecule has 0 saturated carbocycles. The zero-order valence-corrected chi connectivity index (χ0v) is 12.9. The van der Waals surface area contributed by atoms with E-state index in [0.717, 1.165) is 30.8 Å². The summed E-state index contributed by atoms with van der Waals surface area (Å²) in [5, 5.41) is 0. The van der Waals surface area contributed by atoms with Crippen molar-refractivity contribution in [3.63, 3.8) is 0 Å². The first-order valence-corrected chi connectivity index (χ1v) is 7.91. The Morgan fingerprint density at radius 2 is 1.95 bits per heavy atom. The van der Waals surface area contributed by atoms with E-state index >= 15 is 0 Å². The standard InChI is InChI=1S/C16H23NOS/c1-13-4-6-14(7-5-13)15(18)12-17-9-8-16(2,3)19-11-10-17/h4-7H,8-12H2,1-3H3. The molecule has 1 fully saturated rings. The quantitative estimate of drug-likeness (QED) is 0.790. The van der Waals surface area contributed by atoms with Gasteiger partial charge in [-0.1, -0.05) is 43.7 Å². The van der Waals surface area contributed by atoms with Crippen LogP contribution in [0.15, 0.2) is 24.3 Å². The number of hydrogen-bond donors (Lipinski definition) is 0. The number of hydrogen-bond acceptors (Lipinski definition) is 3. The maximum atomic E-state index is 12.2. The van der Waals surface area contributed by atoms with Crippen LogP contribution >= 0.6 is 11.8 Å². The smallest absolute Gasteiger partial charge is 0.176 e. The van der Waals surface area contributed by atoms with Gasteiger partial charge in [0.2, 0.25) is 0 Å². The van der Waals surface area contributed by atoms with Crippen LogP contribution in [0, 0.1) is 6.92 Å². The molecule has 2 nitrogen and oxygen atoms in total. The molecule has 19 heavy (non-hydrogen) atoms. The largest absolute Gasteiger partial charge is 0.295 e. The van der Waals surface area contributed by atoms with Gasteiger partial charge in [-0.2, -0.15) is 11.8 Å². The molecule has 1 aliphatic heterocycles. The topological polar surface area (TPSA) is 20.3 Å². The fourth-order valence-electron chi connectivity index (χ4n) is 2.25. The molecule has 2 rings (SSSR count). The second-order valence-electron chi connectivity index (χ2n) is 5.92. The number of ketones is 1. The zero-order valence-electron chi connectivity index (χ0n) is 12.1. The first-order chi connectivity index (χ1) is 8.96. The lowest BCUT2D eigenvalue weighted by Gasteiger charge is -2.22. The SMILES string of the molecule is Cc1ccc(C(=O)CN2CCSC(C)(C)CC2)cc1. The number of nitrogens with zero attached hydrogens (tertiary/aromatic N) is 1. The molecule has 3 heteroatoms. The highest BCUT2D eigenvalue weighted by molar-refractivity contribution is 8.00. The monoisotopic (exact) mass is 277 g/mol. The van der Waals surface area contributed by atoms with Gasteiger partial charge in [-0.15, -0.1) is 0 Å². The zero-order chi connectivity index (χ0) is 13.9. The number of aryl methyl sites for hydroxylation is 1. The third-order valence-corrected chi connectivity index (χ3v) is 5.04. The minimum absolute atomic E-state index is 0.240. The molecule has 0 spiro atoms. The Balaban J connectivity index is 1.93. The van der Waals surface area contributed by atoms with Crippen LogP contribution in [-0.2, 0) is 0 Å². The van der Waals surface area contributed by atoms with Crippen molar-refractivity contribution >= 4 is 17.5 Å².